The van der Waals surface area contributed by atoms with Crippen molar-refractivity contribution in [2.24, 2.45) is 0 Å². The van der Waals surface area contributed by atoms with Crippen LogP contribution in [0.2, 0.25) is 0 Å². The van der Waals surface area contributed by atoms with Gasteiger partial charge in [0.15, 0.2) is 0 Å². The van der Waals surface area contributed by atoms with Gasteiger partial charge in [0, 0.05) is 50.0 Å². The average Bonchev–Trinajstić information content (AvgIpc) is 3.43. The molecule has 0 radical (unpaired) electrons. The first-order chi connectivity index (χ1) is 14.3. The molecule has 1 saturated heterocycles. The number of ether oxygens (including phenoxy) is 1. The van der Waals surface area contributed by atoms with Gasteiger partial charge in [-0.1, -0.05) is 35.5 Å². The molecule has 8 heteroatoms. The van der Waals surface area contributed by atoms with Crippen molar-refractivity contribution in [2.45, 2.75) is 25.5 Å². The van der Waals surface area contributed by atoms with Crippen LogP contribution in [0.4, 0.5) is 0 Å². The number of benzene rings is 1. The van der Waals surface area contributed by atoms with E-state index >= 15 is 0 Å². The Balaban J connectivity index is 1.18. The van der Waals surface area contributed by atoms with Crippen molar-refractivity contribution in [3.63, 3.8) is 0 Å². The van der Waals surface area contributed by atoms with Gasteiger partial charge in [0.1, 0.15) is 0 Å². The Bertz CT molecular complexity index is 898. The van der Waals surface area contributed by atoms with Gasteiger partial charge in [-0.25, -0.2) is 0 Å². The lowest BCUT2D eigenvalue weighted by atomic mass is 10.2. The lowest BCUT2D eigenvalue weighted by Crippen LogP contribution is -2.47. The Kier molecular flexibility index (Phi) is 6.66. The second-order valence-corrected chi connectivity index (χ2v) is 7.82. The molecular weight excluding hydrogens is 388 g/mol. The van der Waals surface area contributed by atoms with Crippen LogP contribution in [0.25, 0.3) is 11.4 Å². The van der Waals surface area contributed by atoms with Crippen LogP contribution in [0.1, 0.15) is 17.9 Å². The van der Waals surface area contributed by atoms with Crippen LogP contribution < -0.4 is 5.32 Å². The molecule has 3 aromatic rings. The minimum atomic E-state index is -0.0379. The number of carbonyl (C=O) groups excluding carboxylic acids is 1. The molecule has 152 valence electrons. The predicted octanol–water partition coefficient (Wildman–Crippen LogP) is 2.75. The number of nitrogens with zero attached hydrogens (tertiary/aromatic N) is 3. The fourth-order valence-electron chi connectivity index (χ4n) is 3.29. The molecule has 1 aliphatic rings. The van der Waals surface area contributed by atoms with Crippen LogP contribution in [-0.4, -0.2) is 53.3 Å². The first kappa shape index (κ1) is 19.8. The number of carbonyl (C=O) groups is 1. The quantitative estimate of drug-likeness (QED) is 0.613. The molecule has 2 aromatic heterocycles. The number of hydrogen-bond donors (Lipinski definition) is 1. The highest BCUT2D eigenvalue weighted by molar-refractivity contribution is 7.08. The summed E-state index contributed by atoms with van der Waals surface area (Å²) in [4.78, 5) is 18.9. The number of aromatic nitrogens is 2. The van der Waals surface area contributed by atoms with E-state index in [1.54, 1.807) is 11.3 Å². The number of morpholine rings is 1. The summed E-state index contributed by atoms with van der Waals surface area (Å²) in [7, 11) is 0. The van der Waals surface area contributed by atoms with Crippen molar-refractivity contribution in [1.82, 2.24) is 20.4 Å². The number of hydrogen-bond acceptors (Lipinski definition) is 7. The molecule has 4 rings (SSSR count). The van der Waals surface area contributed by atoms with Gasteiger partial charge >= 0.3 is 0 Å². The molecule has 1 unspecified atom stereocenters. The first-order valence-electron chi connectivity index (χ1n) is 9.76. The molecule has 0 bridgehead atoms. The minimum Gasteiger partial charge on any atom is -0.374 e. The largest absolute Gasteiger partial charge is 0.374 e. The highest BCUT2D eigenvalue weighted by atomic mass is 32.1. The Hall–Kier alpha value is -2.55. The Morgan fingerprint density at radius 3 is 3.00 bits per heavy atom. The topological polar surface area (TPSA) is 80.5 Å². The zero-order valence-corrected chi connectivity index (χ0v) is 16.9. The first-order valence-corrected chi connectivity index (χ1v) is 10.7. The maximum absolute atomic E-state index is 12.2. The summed E-state index contributed by atoms with van der Waals surface area (Å²) in [5.41, 5.74) is 2.22. The summed E-state index contributed by atoms with van der Waals surface area (Å²) in [6.45, 7) is 3.80. The number of thiophene rings is 1. The third-order valence-corrected chi connectivity index (χ3v) is 5.50. The molecule has 0 aliphatic carbocycles. The lowest BCUT2D eigenvalue weighted by Gasteiger charge is -2.33. The summed E-state index contributed by atoms with van der Waals surface area (Å²) >= 11 is 1.58. The van der Waals surface area contributed by atoms with Crippen LogP contribution in [0, 0.1) is 0 Å². The molecule has 29 heavy (non-hydrogen) atoms. The van der Waals surface area contributed by atoms with Crippen LogP contribution in [0.5, 0.6) is 0 Å². The van der Waals surface area contributed by atoms with E-state index in [0.29, 0.717) is 37.7 Å². The summed E-state index contributed by atoms with van der Waals surface area (Å²) in [5, 5.41) is 10.9. The van der Waals surface area contributed by atoms with E-state index in [1.807, 2.05) is 22.9 Å². The molecular formula is C21H24N4O3S. The van der Waals surface area contributed by atoms with Gasteiger partial charge < -0.3 is 14.6 Å². The normalized spacial score (nSPS) is 17.3. The van der Waals surface area contributed by atoms with Crippen LogP contribution in [0.15, 0.2) is 51.7 Å². The van der Waals surface area contributed by atoms with Crippen molar-refractivity contribution in [1.29, 1.82) is 0 Å². The molecule has 7 nitrogen and oxygen atoms in total. The molecule has 3 heterocycles. The third kappa shape index (κ3) is 5.72. The van der Waals surface area contributed by atoms with E-state index in [4.69, 9.17) is 9.26 Å². The zero-order chi connectivity index (χ0) is 19.9. The summed E-state index contributed by atoms with van der Waals surface area (Å²) in [6.07, 6.45) is 0.741. The Labute approximate surface area is 173 Å². The number of nitrogens with one attached hydrogen (secondary N) is 1. The van der Waals surface area contributed by atoms with Crippen molar-refractivity contribution in [2.75, 3.05) is 26.2 Å². The van der Waals surface area contributed by atoms with E-state index in [1.165, 1.54) is 5.56 Å². The highest BCUT2D eigenvalue weighted by Crippen LogP contribution is 2.19. The monoisotopic (exact) mass is 412 g/mol. The van der Waals surface area contributed by atoms with Crippen LogP contribution in [-0.2, 0) is 22.5 Å². The van der Waals surface area contributed by atoms with Crippen LogP contribution in [0.3, 0.4) is 0 Å². The van der Waals surface area contributed by atoms with Gasteiger partial charge in [0.2, 0.25) is 17.6 Å². The van der Waals surface area contributed by atoms with E-state index in [9.17, 15) is 4.79 Å². The molecule has 1 atom stereocenters. The molecule has 0 saturated carbocycles. The second-order valence-electron chi connectivity index (χ2n) is 7.04. The molecule has 0 spiro atoms. The number of aryl methyl sites for hydroxylation is 1. The van der Waals surface area contributed by atoms with E-state index in [-0.39, 0.29) is 12.0 Å². The molecule has 1 N–H and O–H groups in total. The fraction of sp³-hybridized carbons (Fsp3) is 0.381. The van der Waals surface area contributed by atoms with E-state index in [2.05, 4.69) is 44.6 Å². The van der Waals surface area contributed by atoms with Gasteiger partial charge in [-0.15, -0.1) is 0 Å². The minimum absolute atomic E-state index is 0.00464. The van der Waals surface area contributed by atoms with Gasteiger partial charge in [0.05, 0.1) is 12.7 Å². The predicted molar refractivity (Wildman–Crippen MR) is 110 cm³/mol. The van der Waals surface area contributed by atoms with Crippen molar-refractivity contribution in [3.05, 3.63) is 58.6 Å². The summed E-state index contributed by atoms with van der Waals surface area (Å²) < 4.78 is 11.0. The van der Waals surface area contributed by atoms with Crippen molar-refractivity contribution >= 4 is 17.2 Å². The molecule has 1 aromatic carbocycles. The van der Waals surface area contributed by atoms with Gasteiger partial charge in [-0.3, -0.25) is 9.69 Å². The average molecular weight is 413 g/mol. The third-order valence-electron chi connectivity index (χ3n) is 4.81. The molecule has 1 amide bonds. The summed E-state index contributed by atoms with van der Waals surface area (Å²) in [6, 6.07) is 12.3. The molecule has 1 fully saturated rings. The number of amides is 1. The standard InChI is InChI=1S/C21H24N4O3S/c26-19(6-7-20-23-21(24-28-20)17-8-11-29-15-17)22-12-18-14-25(9-10-27-18)13-16-4-2-1-3-5-16/h1-5,8,11,15,18H,6-7,9-10,12-14H2,(H,22,26). The van der Waals surface area contributed by atoms with Crippen molar-refractivity contribution in [3.8, 4) is 11.4 Å². The van der Waals surface area contributed by atoms with E-state index < -0.39 is 0 Å². The highest BCUT2D eigenvalue weighted by Gasteiger charge is 2.21. The fourth-order valence-corrected chi connectivity index (χ4v) is 3.93. The van der Waals surface area contributed by atoms with E-state index in [0.717, 1.165) is 25.2 Å². The Morgan fingerprint density at radius 1 is 1.28 bits per heavy atom. The number of rotatable bonds is 8. The smallest absolute Gasteiger partial charge is 0.227 e. The van der Waals surface area contributed by atoms with Gasteiger partial charge in [-0.05, 0) is 17.0 Å². The van der Waals surface area contributed by atoms with Gasteiger partial charge in [-0.2, -0.15) is 16.3 Å². The maximum atomic E-state index is 12.2. The Morgan fingerprint density at radius 2 is 2.17 bits per heavy atom. The SMILES string of the molecule is O=C(CCc1nc(-c2ccsc2)no1)NCC1CN(Cc2ccccc2)CCO1. The summed E-state index contributed by atoms with van der Waals surface area (Å²) in [5.74, 6) is 1.00. The van der Waals surface area contributed by atoms with Crippen molar-refractivity contribution < 1.29 is 14.1 Å². The van der Waals surface area contributed by atoms with Crippen LogP contribution >= 0.6 is 11.3 Å². The molecule has 1 aliphatic heterocycles. The van der Waals surface area contributed by atoms with Gasteiger partial charge in [0.25, 0.3) is 0 Å². The second kappa shape index (κ2) is 9.78. The maximum Gasteiger partial charge on any atom is 0.227 e. The lowest BCUT2D eigenvalue weighted by molar-refractivity contribution is -0.122. The zero-order valence-electron chi connectivity index (χ0n) is 16.1.